The molecule has 7 heteroatoms. The molecule has 0 aromatic heterocycles. The molecule has 1 amide bonds. The zero-order valence-electron chi connectivity index (χ0n) is 18.6. The van der Waals surface area contributed by atoms with Gasteiger partial charge in [0.1, 0.15) is 12.6 Å². The van der Waals surface area contributed by atoms with Crippen LogP contribution in [0.4, 0.5) is 5.69 Å². The van der Waals surface area contributed by atoms with Crippen LogP contribution < -0.4 is 5.32 Å². The Morgan fingerprint density at radius 3 is 2.32 bits per heavy atom. The average molecular weight is 459 g/mol. The van der Waals surface area contributed by atoms with E-state index in [-0.39, 0.29) is 25.5 Å². The minimum Gasteiger partial charge on any atom is -0.481 e. The molecule has 1 atom stereocenters. The summed E-state index contributed by atoms with van der Waals surface area (Å²) in [7, 11) is 0. The minimum absolute atomic E-state index is 0.164. The van der Waals surface area contributed by atoms with Crippen LogP contribution in [0.3, 0.4) is 0 Å². The Bertz CT molecular complexity index is 1160. The lowest BCUT2D eigenvalue weighted by Gasteiger charge is -2.24. The third kappa shape index (κ3) is 5.81. The average Bonchev–Trinajstić information content (AvgIpc) is 2.98. The van der Waals surface area contributed by atoms with Crippen molar-refractivity contribution in [2.24, 2.45) is 0 Å². The number of benzene rings is 3. The largest absolute Gasteiger partial charge is 0.481 e. The number of rotatable bonds is 8. The lowest BCUT2D eigenvalue weighted by atomic mass is 10.1. The number of hydrogen-bond donors (Lipinski definition) is 2. The fourth-order valence-electron chi connectivity index (χ4n) is 3.96. The highest BCUT2D eigenvalue weighted by Gasteiger charge is 2.31. The summed E-state index contributed by atoms with van der Waals surface area (Å²) in [6.45, 7) is 0.865. The van der Waals surface area contributed by atoms with Crippen LogP contribution in [0.1, 0.15) is 33.5 Å². The Kier molecular flexibility index (Phi) is 7.22. The lowest BCUT2D eigenvalue weighted by molar-refractivity contribution is -0.141. The molecule has 4 rings (SSSR count). The Morgan fingerprint density at radius 2 is 1.65 bits per heavy atom. The number of carboxylic acids is 1. The molecule has 2 N–H and O–H groups in total. The molecular weight excluding hydrogens is 432 g/mol. The molecule has 3 aromatic rings. The van der Waals surface area contributed by atoms with Crippen molar-refractivity contribution in [3.05, 3.63) is 101 Å². The van der Waals surface area contributed by atoms with Crippen molar-refractivity contribution in [2.45, 2.75) is 32.0 Å². The summed E-state index contributed by atoms with van der Waals surface area (Å²) in [6, 6.07) is 23.4. The van der Waals surface area contributed by atoms with E-state index in [2.05, 4.69) is 5.32 Å². The molecule has 0 aliphatic carbocycles. The monoisotopic (exact) mass is 458 g/mol. The van der Waals surface area contributed by atoms with Crippen LogP contribution in [0.25, 0.3) is 0 Å². The van der Waals surface area contributed by atoms with Crippen molar-refractivity contribution in [1.82, 2.24) is 4.90 Å². The van der Waals surface area contributed by atoms with Crippen LogP contribution in [-0.4, -0.2) is 40.4 Å². The molecule has 1 heterocycles. The summed E-state index contributed by atoms with van der Waals surface area (Å²) >= 11 is 0. The van der Waals surface area contributed by atoms with Gasteiger partial charge in [0, 0.05) is 18.8 Å². The maximum Gasteiger partial charge on any atom is 0.338 e. The van der Waals surface area contributed by atoms with Crippen molar-refractivity contribution < 1.29 is 24.2 Å². The van der Waals surface area contributed by atoms with E-state index >= 15 is 0 Å². The molecule has 0 fully saturated rings. The van der Waals surface area contributed by atoms with Gasteiger partial charge in [-0.15, -0.1) is 0 Å². The molecule has 3 aromatic carbocycles. The second-order valence-corrected chi connectivity index (χ2v) is 8.22. The molecule has 0 spiro atoms. The zero-order valence-corrected chi connectivity index (χ0v) is 18.6. The van der Waals surface area contributed by atoms with Gasteiger partial charge in [-0.3, -0.25) is 9.59 Å². The molecule has 7 nitrogen and oxygen atoms in total. The van der Waals surface area contributed by atoms with Gasteiger partial charge in [-0.2, -0.15) is 0 Å². The third-order valence-electron chi connectivity index (χ3n) is 5.75. The lowest BCUT2D eigenvalue weighted by Crippen LogP contribution is -2.42. The molecule has 34 heavy (non-hydrogen) atoms. The van der Waals surface area contributed by atoms with E-state index in [1.54, 1.807) is 23.1 Å². The van der Waals surface area contributed by atoms with Crippen molar-refractivity contribution in [2.75, 3.05) is 11.9 Å². The fraction of sp³-hybridized carbons (Fsp3) is 0.222. The Hall–Kier alpha value is -4.13. The minimum atomic E-state index is -1.06. The first kappa shape index (κ1) is 23.0. The highest BCUT2D eigenvalue weighted by molar-refractivity contribution is 5.92. The molecule has 0 bridgehead atoms. The van der Waals surface area contributed by atoms with Gasteiger partial charge >= 0.3 is 11.9 Å². The van der Waals surface area contributed by atoms with Crippen LogP contribution in [0.5, 0.6) is 0 Å². The molecule has 0 radical (unpaired) electrons. The number of amides is 1. The van der Waals surface area contributed by atoms with Crippen molar-refractivity contribution in [3.8, 4) is 0 Å². The number of aliphatic carboxylic acids is 1. The first-order valence-electron chi connectivity index (χ1n) is 11.1. The highest BCUT2D eigenvalue weighted by Crippen LogP contribution is 2.26. The summed E-state index contributed by atoms with van der Waals surface area (Å²) in [6.07, 6.45) is 0.307. The second-order valence-electron chi connectivity index (χ2n) is 8.22. The molecule has 174 valence electrons. The number of anilines is 1. The van der Waals surface area contributed by atoms with Crippen molar-refractivity contribution in [3.63, 3.8) is 0 Å². The van der Waals surface area contributed by atoms with E-state index in [9.17, 15) is 19.5 Å². The van der Waals surface area contributed by atoms with Gasteiger partial charge in [0.25, 0.3) is 0 Å². The number of carbonyl (C=O) groups is 3. The van der Waals surface area contributed by atoms with Crippen LogP contribution >= 0.6 is 0 Å². The van der Waals surface area contributed by atoms with Crippen molar-refractivity contribution in [1.29, 1.82) is 0 Å². The van der Waals surface area contributed by atoms with E-state index < -0.39 is 18.0 Å². The number of nitrogens with zero attached hydrogens (tertiary/aromatic N) is 1. The Labute approximate surface area is 198 Å². The van der Waals surface area contributed by atoms with Gasteiger partial charge in [-0.05, 0) is 41.3 Å². The van der Waals surface area contributed by atoms with Gasteiger partial charge in [-0.25, -0.2) is 4.79 Å². The molecule has 0 saturated carbocycles. The number of hydrogen-bond acceptors (Lipinski definition) is 5. The Morgan fingerprint density at radius 1 is 0.971 bits per heavy atom. The first-order valence-corrected chi connectivity index (χ1v) is 11.1. The van der Waals surface area contributed by atoms with E-state index in [0.29, 0.717) is 24.2 Å². The number of fused-ring (bicyclic) bond motifs is 1. The van der Waals surface area contributed by atoms with Gasteiger partial charge in [0.05, 0.1) is 12.0 Å². The SMILES string of the molecule is O=C(O)CC1Nc2ccc(C(=O)OCc3ccccc3)cc2CN(CCc2ccccc2)C1=O. The van der Waals surface area contributed by atoms with E-state index in [4.69, 9.17) is 4.74 Å². The number of carboxylic acid groups (broad SMARTS) is 1. The number of esters is 1. The van der Waals surface area contributed by atoms with Gasteiger partial charge in [0.2, 0.25) is 5.91 Å². The summed E-state index contributed by atoms with van der Waals surface area (Å²) in [4.78, 5) is 38.8. The van der Waals surface area contributed by atoms with Crippen LogP contribution in [0.2, 0.25) is 0 Å². The predicted octanol–water partition coefficient (Wildman–Crippen LogP) is 3.88. The molecule has 0 saturated heterocycles. The predicted molar refractivity (Wildman–Crippen MR) is 127 cm³/mol. The summed E-state index contributed by atoms with van der Waals surface area (Å²) in [5.74, 6) is -1.79. The van der Waals surface area contributed by atoms with E-state index in [1.165, 1.54) is 0 Å². The Balaban J connectivity index is 1.53. The molecule has 1 aliphatic rings. The zero-order chi connectivity index (χ0) is 23.9. The van der Waals surface area contributed by atoms with E-state index in [1.807, 2.05) is 60.7 Å². The standard InChI is InChI=1S/C27H26N2O5/c30-25(31)16-24-26(32)29(14-13-19-7-3-1-4-8-19)17-22-15-21(11-12-23(22)28-24)27(33)34-18-20-9-5-2-6-10-20/h1-12,15,24,28H,13-14,16-18H2,(H,30,31). The summed E-state index contributed by atoms with van der Waals surface area (Å²) in [5, 5.41) is 12.4. The normalized spacial score (nSPS) is 15.1. The summed E-state index contributed by atoms with van der Waals surface area (Å²) < 4.78 is 5.45. The van der Waals surface area contributed by atoms with Gasteiger partial charge in [0.15, 0.2) is 0 Å². The van der Waals surface area contributed by atoms with Crippen LogP contribution in [0, 0.1) is 0 Å². The number of ether oxygens (including phenoxy) is 1. The first-order chi connectivity index (χ1) is 16.5. The van der Waals surface area contributed by atoms with Crippen LogP contribution in [-0.2, 0) is 33.9 Å². The topological polar surface area (TPSA) is 95.9 Å². The van der Waals surface area contributed by atoms with Crippen molar-refractivity contribution >= 4 is 23.5 Å². The van der Waals surface area contributed by atoms with Crippen LogP contribution in [0.15, 0.2) is 78.9 Å². The number of carbonyl (C=O) groups excluding carboxylic acids is 2. The maximum atomic E-state index is 13.2. The van der Waals surface area contributed by atoms with Gasteiger partial charge in [-0.1, -0.05) is 60.7 Å². The molecular formula is C27H26N2O5. The molecule has 1 unspecified atom stereocenters. The summed E-state index contributed by atoms with van der Waals surface area (Å²) in [5.41, 5.74) is 3.73. The van der Waals surface area contributed by atoms with Gasteiger partial charge < -0.3 is 20.1 Å². The second kappa shape index (κ2) is 10.7. The highest BCUT2D eigenvalue weighted by atomic mass is 16.5. The number of nitrogens with one attached hydrogen (secondary N) is 1. The smallest absolute Gasteiger partial charge is 0.338 e. The fourth-order valence-corrected chi connectivity index (χ4v) is 3.96. The molecule has 1 aliphatic heterocycles. The maximum absolute atomic E-state index is 13.2. The quantitative estimate of drug-likeness (QED) is 0.498. The third-order valence-corrected chi connectivity index (χ3v) is 5.75. The van der Waals surface area contributed by atoms with E-state index in [0.717, 1.165) is 16.7 Å².